The Morgan fingerprint density at radius 3 is 3.14 bits per heavy atom. The number of rotatable bonds is 5. The molecule has 4 nitrogen and oxygen atoms in total. The van der Waals surface area contributed by atoms with Gasteiger partial charge in [0.1, 0.15) is 0 Å². The zero-order valence-corrected chi connectivity index (χ0v) is 9.19. The van der Waals surface area contributed by atoms with Gasteiger partial charge in [-0.05, 0) is 7.05 Å². The SMILES string of the molecule is CNCCc1nc(CC(=O)OC)cs1. The first-order valence-electron chi connectivity index (χ1n) is 4.41. The minimum absolute atomic E-state index is 0.240. The number of aromatic nitrogens is 1. The molecule has 1 aromatic heterocycles. The first kappa shape index (κ1) is 11.1. The molecule has 0 amide bonds. The summed E-state index contributed by atoms with van der Waals surface area (Å²) in [5, 5.41) is 6.01. The maximum atomic E-state index is 10.9. The second-order valence-electron chi connectivity index (χ2n) is 2.84. The highest BCUT2D eigenvalue weighted by Crippen LogP contribution is 2.10. The Labute approximate surface area is 87.3 Å². The molecule has 0 aliphatic rings. The summed E-state index contributed by atoms with van der Waals surface area (Å²) >= 11 is 1.58. The summed E-state index contributed by atoms with van der Waals surface area (Å²) in [4.78, 5) is 15.2. The number of hydrogen-bond donors (Lipinski definition) is 1. The van der Waals surface area contributed by atoms with Gasteiger partial charge in [0.25, 0.3) is 0 Å². The smallest absolute Gasteiger partial charge is 0.311 e. The monoisotopic (exact) mass is 214 g/mol. The summed E-state index contributed by atoms with van der Waals surface area (Å²) < 4.78 is 4.56. The van der Waals surface area contributed by atoms with E-state index in [0.717, 1.165) is 23.7 Å². The van der Waals surface area contributed by atoms with Crippen LogP contribution in [0.5, 0.6) is 0 Å². The molecule has 0 aliphatic heterocycles. The van der Waals surface area contributed by atoms with Crippen molar-refractivity contribution in [2.45, 2.75) is 12.8 Å². The highest BCUT2D eigenvalue weighted by Gasteiger charge is 2.06. The molecule has 0 aliphatic carbocycles. The van der Waals surface area contributed by atoms with E-state index in [1.165, 1.54) is 7.11 Å². The van der Waals surface area contributed by atoms with Gasteiger partial charge in [0.05, 0.1) is 24.2 Å². The molecule has 1 N–H and O–H groups in total. The molecule has 0 bridgehead atoms. The van der Waals surface area contributed by atoms with Gasteiger partial charge in [-0.3, -0.25) is 4.79 Å². The third-order valence-electron chi connectivity index (χ3n) is 1.74. The van der Waals surface area contributed by atoms with Crippen LogP contribution in [0.2, 0.25) is 0 Å². The number of methoxy groups -OCH3 is 1. The van der Waals surface area contributed by atoms with Crippen LogP contribution in [0.1, 0.15) is 10.7 Å². The van der Waals surface area contributed by atoms with Crippen molar-refractivity contribution >= 4 is 17.3 Å². The first-order chi connectivity index (χ1) is 6.76. The standard InChI is InChI=1S/C9H14N2O2S/c1-10-4-3-8-11-7(6-14-8)5-9(12)13-2/h6,10H,3-5H2,1-2H3. The molecule has 1 heterocycles. The molecule has 0 fully saturated rings. The number of nitrogens with one attached hydrogen (secondary N) is 1. The van der Waals surface area contributed by atoms with Crippen LogP contribution in [0.3, 0.4) is 0 Å². The quantitative estimate of drug-likeness (QED) is 0.730. The number of carbonyl (C=O) groups is 1. The average Bonchev–Trinajstić information content (AvgIpc) is 2.62. The van der Waals surface area contributed by atoms with E-state index in [0.29, 0.717) is 0 Å². The van der Waals surface area contributed by atoms with Crippen LogP contribution >= 0.6 is 11.3 Å². The lowest BCUT2D eigenvalue weighted by atomic mass is 10.3. The lowest BCUT2D eigenvalue weighted by molar-refractivity contribution is -0.139. The molecular formula is C9H14N2O2S. The van der Waals surface area contributed by atoms with Crippen molar-refractivity contribution in [1.82, 2.24) is 10.3 Å². The van der Waals surface area contributed by atoms with Crippen molar-refractivity contribution in [3.05, 3.63) is 16.1 Å². The molecule has 0 radical (unpaired) electrons. The Morgan fingerprint density at radius 2 is 2.50 bits per heavy atom. The number of likely N-dealkylation sites (N-methyl/N-ethyl adjacent to an activating group) is 1. The Morgan fingerprint density at radius 1 is 1.71 bits per heavy atom. The fourth-order valence-corrected chi connectivity index (χ4v) is 1.79. The van der Waals surface area contributed by atoms with Crippen LogP contribution in [0, 0.1) is 0 Å². The predicted molar refractivity (Wildman–Crippen MR) is 55.5 cm³/mol. The number of nitrogens with zero attached hydrogens (tertiary/aromatic N) is 1. The van der Waals surface area contributed by atoms with Crippen LogP contribution in [0.4, 0.5) is 0 Å². The summed E-state index contributed by atoms with van der Waals surface area (Å²) in [6.45, 7) is 0.908. The van der Waals surface area contributed by atoms with Gasteiger partial charge in [-0.1, -0.05) is 0 Å². The number of esters is 1. The topological polar surface area (TPSA) is 51.2 Å². The molecule has 0 atom stereocenters. The second-order valence-corrected chi connectivity index (χ2v) is 3.78. The minimum atomic E-state index is -0.240. The van der Waals surface area contributed by atoms with E-state index in [-0.39, 0.29) is 12.4 Å². The molecule has 14 heavy (non-hydrogen) atoms. The summed E-state index contributed by atoms with van der Waals surface area (Å²) in [6.07, 6.45) is 1.18. The van der Waals surface area contributed by atoms with Gasteiger partial charge in [-0.25, -0.2) is 4.98 Å². The molecule has 0 spiro atoms. The van der Waals surface area contributed by atoms with Crippen molar-refractivity contribution < 1.29 is 9.53 Å². The van der Waals surface area contributed by atoms with Gasteiger partial charge >= 0.3 is 5.97 Å². The van der Waals surface area contributed by atoms with Gasteiger partial charge in [0.15, 0.2) is 0 Å². The lowest BCUT2D eigenvalue weighted by Crippen LogP contribution is -2.10. The summed E-state index contributed by atoms with van der Waals surface area (Å²) in [6, 6.07) is 0. The first-order valence-corrected chi connectivity index (χ1v) is 5.29. The number of ether oxygens (including phenoxy) is 1. The molecule has 0 aromatic carbocycles. The molecule has 78 valence electrons. The van der Waals surface area contributed by atoms with E-state index < -0.39 is 0 Å². The summed E-state index contributed by atoms with van der Waals surface area (Å²) in [5.41, 5.74) is 0.799. The van der Waals surface area contributed by atoms with E-state index in [1.54, 1.807) is 11.3 Å². The van der Waals surface area contributed by atoms with E-state index in [2.05, 4.69) is 15.0 Å². The molecule has 0 saturated carbocycles. The predicted octanol–water partition coefficient (Wildman–Crippen LogP) is 0.620. The van der Waals surface area contributed by atoms with Crippen LogP contribution in [0.15, 0.2) is 5.38 Å². The maximum Gasteiger partial charge on any atom is 0.311 e. The largest absolute Gasteiger partial charge is 0.469 e. The van der Waals surface area contributed by atoms with Crippen molar-refractivity contribution in [2.75, 3.05) is 20.7 Å². The molecule has 1 rings (SSSR count). The van der Waals surface area contributed by atoms with Crippen LogP contribution in [-0.4, -0.2) is 31.7 Å². The fourth-order valence-electron chi connectivity index (χ4n) is 0.997. The summed E-state index contributed by atoms with van der Waals surface area (Å²) in [5.74, 6) is -0.240. The Kier molecular flexibility index (Phi) is 4.55. The summed E-state index contributed by atoms with van der Waals surface area (Å²) in [7, 11) is 3.29. The van der Waals surface area contributed by atoms with Gasteiger partial charge in [-0.15, -0.1) is 11.3 Å². The average molecular weight is 214 g/mol. The third-order valence-corrected chi connectivity index (χ3v) is 2.70. The normalized spacial score (nSPS) is 10.1. The third kappa shape index (κ3) is 3.43. The van der Waals surface area contributed by atoms with Crippen molar-refractivity contribution in [2.24, 2.45) is 0 Å². The van der Waals surface area contributed by atoms with E-state index in [1.807, 2.05) is 12.4 Å². The van der Waals surface area contributed by atoms with Crippen molar-refractivity contribution in [3.8, 4) is 0 Å². The van der Waals surface area contributed by atoms with Gasteiger partial charge in [0.2, 0.25) is 0 Å². The van der Waals surface area contributed by atoms with Crippen LogP contribution < -0.4 is 5.32 Å². The van der Waals surface area contributed by atoms with Crippen molar-refractivity contribution in [3.63, 3.8) is 0 Å². The molecular weight excluding hydrogens is 200 g/mol. The highest BCUT2D eigenvalue weighted by molar-refractivity contribution is 7.09. The highest BCUT2D eigenvalue weighted by atomic mass is 32.1. The Hall–Kier alpha value is -0.940. The molecule has 1 aromatic rings. The van der Waals surface area contributed by atoms with Crippen LogP contribution in [0.25, 0.3) is 0 Å². The van der Waals surface area contributed by atoms with Gasteiger partial charge < -0.3 is 10.1 Å². The Bertz CT molecular complexity index is 299. The van der Waals surface area contributed by atoms with Crippen molar-refractivity contribution in [1.29, 1.82) is 0 Å². The number of carbonyl (C=O) groups excluding carboxylic acids is 1. The molecule has 5 heteroatoms. The maximum absolute atomic E-state index is 10.9. The van der Waals surface area contributed by atoms with Gasteiger partial charge in [-0.2, -0.15) is 0 Å². The minimum Gasteiger partial charge on any atom is -0.469 e. The van der Waals surface area contributed by atoms with Gasteiger partial charge in [0, 0.05) is 18.3 Å². The number of thiazole rings is 1. The molecule has 0 unspecified atom stereocenters. The number of hydrogen-bond acceptors (Lipinski definition) is 5. The van der Waals surface area contributed by atoms with E-state index in [4.69, 9.17) is 0 Å². The fraction of sp³-hybridized carbons (Fsp3) is 0.556. The second kappa shape index (κ2) is 5.72. The Balaban J connectivity index is 2.46. The van der Waals surface area contributed by atoms with E-state index in [9.17, 15) is 4.79 Å². The van der Waals surface area contributed by atoms with E-state index >= 15 is 0 Å². The molecule has 0 saturated heterocycles. The zero-order chi connectivity index (χ0) is 10.4. The van der Waals surface area contributed by atoms with Crippen LogP contribution in [-0.2, 0) is 22.4 Å². The zero-order valence-electron chi connectivity index (χ0n) is 8.37. The lowest BCUT2D eigenvalue weighted by Gasteiger charge is -1.95.